The Morgan fingerprint density at radius 1 is 0.513 bits per heavy atom. The molecule has 0 rings (SSSR count). The molecule has 39 heavy (non-hydrogen) atoms. The molecule has 0 aromatic rings. The van der Waals surface area contributed by atoms with Gasteiger partial charge in [-0.2, -0.15) is 0 Å². The van der Waals surface area contributed by atoms with Gasteiger partial charge in [-0.05, 0) is 25.7 Å². The number of unbranched alkanes of at least 4 members (excludes halogenated alkanes) is 13. The summed E-state index contributed by atoms with van der Waals surface area (Å²) < 4.78 is 11.0. The number of carboxylic acids is 1. The number of carbonyl (C=O) groups excluding carboxylic acids is 3. The molecule has 2 amide bonds. The second-order valence-corrected chi connectivity index (χ2v) is 10.2. The van der Waals surface area contributed by atoms with Crippen molar-refractivity contribution in [3.05, 3.63) is 0 Å². The first-order valence-corrected chi connectivity index (χ1v) is 15.4. The second kappa shape index (κ2) is 30.5. The first-order chi connectivity index (χ1) is 19.1. The molecule has 0 spiro atoms. The molecule has 0 saturated carbocycles. The highest BCUT2D eigenvalue weighted by Crippen LogP contribution is 2.13. The van der Waals surface area contributed by atoms with E-state index in [-0.39, 0.29) is 24.7 Å². The van der Waals surface area contributed by atoms with E-state index in [1.54, 1.807) is 0 Å². The number of carbonyl (C=O) groups is 4. The standard InChI is InChI=1S/C30H56N2O7/c33-23-15-19-29(35)32-22-17-25-39-27-26-38-24-16-21-31-28(34)18-13-11-9-7-5-3-1-2-4-6-8-10-12-14-20-30(36)37/h23H,1-22,24-27H2,(H,31,34)(H,32,35)(H,36,37). The van der Waals surface area contributed by atoms with Crippen molar-refractivity contribution in [2.24, 2.45) is 0 Å². The van der Waals surface area contributed by atoms with Crippen molar-refractivity contribution >= 4 is 24.1 Å². The van der Waals surface area contributed by atoms with Crippen molar-refractivity contribution in [3.63, 3.8) is 0 Å². The topological polar surface area (TPSA) is 131 Å². The Kier molecular flexibility index (Phi) is 29.0. The lowest BCUT2D eigenvalue weighted by atomic mass is 10.0. The number of hydrogen-bond donors (Lipinski definition) is 3. The van der Waals surface area contributed by atoms with Gasteiger partial charge in [0.15, 0.2) is 0 Å². The minimum atomic E-state index is -0.683. The Balaban J connectivity index is 3.20. The van der Waals surface area contributed by atoms with Crippen LogP contribution in [0.2, 0.25) is 0 Å². The van der Waals surface area contributed by atoms with Crippen LogP contribution in [-0.4, -0.2) is 68.7 Å². The summed E-state index contributed by atoms with van der Waals surface area (Å²) in [4.78, 5) is 43.9. The molecule has 0 bridgehead atoms. The average Bonchev–Trinajstić information content (AvgIpc) is 2.92. The Morgan fingerprint density at radius 3 is 1.31 bits per heavy atom. The summed E-state index contributed by atoms with van der Waals surface area (Å²) in [7, 11) is 0. The van der Waals surface area contributed by atoms with Gasteiger partial charge in [0.05, 0.1) is 13.2 Å². The van der Waals surface area contributed by atoms with Crippen molar-refractivity contribution in [1.82, 2.24) is 10.6 Å². The normalized spacial score (nSPS) is 10.9. The summed E-state index contributed by atoms with van der Waals surface area (Å²) in [6, 6.07) is 0. The Hall–Kier alpha value is -2.00. The summed E-state index contributed by atoms with van der Waals surface area (Å²) in [5.41, 5.74) is 0. The van der Waals surface area contributed by atoms with Crippen LogP contribution in [0.4, 0.5) is 0 Å². The summed E-state index contributed by atoms with van der Waals surface area (Å²) in [6.45, 7) is 3.33. The van der Waals surface area contributed by atoms with E-state index in [1.807, 2.05) is 0 Å². The van der Waals surface area contributed by atoms with Crippen LogP contribution in [0.15, 0.2) is 0 Å². The first-order valence-electron chi connectivity index (χ1n) is 15.4. The van der Waals surface area contributed by atoms with E-state index < -0.39 is 5.97 Å². The Morgan fingerprint density at radius 2 is 0.897 bits per heavy atom. The number of carboxylic acid groups (broad SMARTS) is 1. The van der Waals surface area contributed by atoms with Crippen molar-refractivity contribution < 1.29 is 33.8 Å². The fraction of sp³-hybridized carbons (Fsp3) is 0.867. The van der Waals surface area contributed by atoms with E-state index in [2.05, 4.69) is 10.6 Å². The lowest BCUT2D eigenvalue weighted by molar-refractivity contribution is -0.137. The lowest BCUT2D eigenvalue weighted by Gasteiger charge is -2.08. The van der Waals surface area contributed by atoms with Crippen LogP contribution in [0, 0.1) is 0 Å². The quantitative estimate of drug-likeness (QED) is 0.0776. The first kappa shape index (κ1) is 37.0. The number of rotatable bonds is 31. The molecule has 0 aliphatic rings. The maximum Gasteiger partial charge on any atom is 0.303 e. The molecule has 0 aliphatic carbocycles. The summed E-state index contributed by atoms with van der Waals surface area (Å²) in [6.07, 6.45) is 20.2. The van der Waals surface area contributed by atoms with Crippen LogP contribution < -0.4 is 10.6 Å². The smallest absolute Gasteiger partial charge is 0.303 e. The van der Waals surface area contributed by atoms with Crippen LogP contribution in [0.1, 0.15) is 128 Å². The molecule has 3 N–H and O–H groups in total. The van der Waals surface area contributed by atoms with Gasteiger partial charge in [-0.3, -0.25) is 14.4 Å². The number of ether oxygens (including phenoxy) is 2. The van der Waals surface area contributed by atoms with Gasteiger partial charge in [-0.15, -0.1) is 0 Å². The van der Waals surface area contributed by atoms with Crippen molar-refractivity contribution in [3.8, 4) is 0 Å². The highest BCUT2D eigenvalue weighted by atomic mass is 16.5. The fourth-order valence-electron chi connectivity index (χ4n) is 4.18. The molecule has 0 unspecified atom stereocenters. The maximum atomic E-state index is 11.9. The van der Waals surface area contributed by atoms with Crippen LogP contribution in [0.25, 0.3) is 0 Å². The second-order valence-electron chi connectivity index (χ2n) is 10.2. The van der Waals surface area contributed by atoms with Gasteiger partial charge in [0.25, 0.3) is 0 Å². The van der Waals surface area contributed by atoms with E-state index >= 15 is 0 Å². The molecule has 0 saturated heterocycles. The third kappa shape index (κ3) is 32.1. The number of amides is 2. The zero-order chi connectivity index (χ0) is 28.7. The van der Waals surface area contributed by atoms with Gasteiger partial charge in [0.1, 0.15) is 6.29 Å². The molecule has 228 valence electrons. The van der Waals surface area contributed by atoms with E-state index in [0.717, 1.165) is 51.2 Å². The largest absolute Gasteiger partial charge is 0.481 e. The zero-order valence-corrected chi connectivity index (χ0v) is 24.4. The SMILES string of the molecule is O=CCCC(=O)NCCCOCCOCCCNC(=O)CCCCCCCCCCCCCCCCC(=O)O. The number of aliphatic carboxylic acids is 1. The molecule has 9 heteroatoms. The monoisotopic (exact) mass is 556 g/mol. The molecule has 0 heterocycles. The van der Waals surface area contributed by atoms with Crippen molar-refractivity contribution in [2.45, 2.75) is 128 Å². The van der Waals surface area contributed by atoms with Gasteiger partial charge in [-0.25, -0.2) is 0 Å². The Labute approximate surface area is 236 Å². The van der Waals surface area contributed by atoms with Gasteiger partial charge in [0, 0.05) is 52.0 Å². The lowest BCUT2D eigenvalue weighted by Crippen LogP contribution is -2.25. The summed E-state index contributed by atoms with van der Waals surface area (Å²) >= 11 is 0. The molecule has 9 nitrogen and oxygen atoms in total. The van der Waals surface area contributed by atoms with Gasteiger partial charge in [-0.1, -0.05) is 77.0 Å². The predicted molar refractivity (Wildman–Crippen MR) is 154 cm³/mol. The molecular weight excluding hydrogens is 500 g/mol. The minimum Gasteiger partial charge on any atom is -0.481 e. The molecule has 0 fully saturated rings. The van der Waals surface area contributed by atoms with Gasteiger partial charge >= 0.3 is 5.97 Å². The van der Waals surface area contributed by atoms with E-state index in [0.29, 0.717) is 52.4 Å². The van der Waals surface area contributed by atoms with Gasteiger partial charge in [0.2, 0.25) is 11.8 Å². The number of aldehydes is 1. The van der Waals surface area contributed by atoms with Crippen molar-refractivity contribution in [2.75, 3.05) is 39.5 Å². The van der Waals surface area contributed by atoms with E-state index in [1.165, 1.54) is 57.8 Å². The molecule has 0 aromatic heterocycles. The highest BCUT2D eigenvalue weighted by molar-refractivity contribution is 5.78. The molecule has 0 atom stereocenters. The third-order valence-electron chi connectivity index (χ3n) is 6.48. The van der Waals surface area contributed by atoms with Crippen molar-refractivity contribution in [1.29, 1.82) is 0 Å². The van der Waals surface area contributed by atoms with E-state index in [9.17, 15) is 19.2 Å². The van der Waals surface area contributed by atoms with Crippen LogP contribution >= 0.6 is 0 Å². The molecule has 0 aliphatic heterocycles. The summed E-state index contributed by atoms with van der Waals surface area (Å²) in [5.74, 6) is -0.669. The Bertz CT molecular complexity index is 602. The maximum absolute atomic E-state index is 11.9. The van der Waals surface area contributed by atoms with Crippen LogP contribution in [0.5, 0.6) is 0 Å². The zero-order valence-electron chi connectivity index (χ0n) is 24.4. The average molecular weight is 557 g/mol. The predicted octanol–water partition coefficient (Wildman–Crippen LogP) is 5.34. The fourth-order valence-corrected chi connectivity index (χ4v) is 4.18. The minimum absolute atomic E-state index is 0.109. The molecular formula is C30H56N2O7. The molecule has 0 radical (unpaired) electrons. The van der Waals surface area contributed by atoms with Crippen LogP contribution in [0.3, 0.4) is 0 Å². The van der Waals surface area contributed by atoms with Crippen LogP contribution in [-0.2, 0) is 28.7 Å². The number of hydrogen-bond acceptors (Lipinski definition) is 6. The number of nitrogens with one attached hydrogen (secondary N) is 2. The summed E-state index contributed by atoms with van der Waals surface area (Å²) in [5, 5.41) is 14.3. The van der Waals surface area contributed by atoms with Gasteiger partial charge < -0.3 is 30.0 Å². The van der Waals surface area contributed by atoms with E-state index in [4.69, 9.17) is 14.6 Å². The third-order valence-corrected chi connectivity index (χ3v) is 6.48. The highest BCUT2D eigenvalue weighted by Gasteiger charge is 2.02. The molecule has 0 aromatic carbocycles.